The first-order valence-electron chi connectivity index (χ1n) is 6.49. The van der Waals surface area contributed by atoms with Crippen molar-refractivity contribution in [2.45, 2.75) is 18.8 Å². The average molecular weight is 265 g/mol. The monoisotopic (exact) mass is 265 g/mol. The van der Waals surface area contributed by atoms with Crippen molar-refractivity contribution in [1.82, 2.24) is 5.32 Å². The fraction of sp³-hybridized carbons (Fsp3) is 0.500. The van der Waals surface area contributed by atoms with Crippen molar-refractivity contribution >= 4 is 5.97 Å². The Balaban J connectivity index is 2.23. The Morgan fingerprint density at radius 1 is 1.37 bits per heavy atom. The van der Waals surface area contributed by atoms with E-state index in [1.165, 1.54) is 0 Å². The molecule has 1 aliphatic heterocycles. The predicted octanol–water partition coefficient (Wildman–Crippen LogP) is 1.63. The van der Waals surface area contributed by atoms with Gasteiger partial charge in [-0.15, -0.1) is 0 Å². The molecular formula is C14H19NO4. The fourth-order valence-electron chi connectivity index (χ4n) is 2.12. The van der Waals surface area contributed by atoms with Crippen molar-refractivity contribution < 1.29 is 19.4 Å². The molecule has 0 spiro atoms. The van der Waals surface area contributed by atoms with Crippen molar-refractivity contribution in [1.29, 1.82) is 0 Å². The van der Waals surface area contributed by atoms with Crippen molar-refractivity contribution in [2.24, 2.45) is 0 Å². The SMILES string of the molecule is CNCCC(C(=O)O)c1ccc2c(c1)OCCCO2. The minimum Gasteiger partial charge on any atom is -0.490 e. The molecule has 1 aromatic rings. The molecule has 0 radical (unpaired) electrons. The van der Waals surface area contributed by atoms with Crippen molar-refractivity contribution in [3.05, 3.63) is 23.8 Å². The summed E-state index contributed by atoms with van der Waals surface area (Å²) in [7, 11) is 1.81. The van der Waals surface area contributed by atoms with Crippen molar-refractivity contribution in [3.8, 4) is 11.5 Å². The third-order valence-electron chi connectivity index (χ3n) is 3.16. The van der Waals surface area contributed by atoms with E-state index in [0.29, 0.717) is 37.7 Å². The third-order valence-corrected chi connectivity index (χ3v) is 3.16. The second-order valence-corrected chi connectivity index (χ2v) is 4.54. The Labute approximate surface area is 112 Å². The molecule has 2 N–H and O–H groups in total. The molecule has 1 unspecified atom stereocenters. The average Bonchev–Trinajstić information content (AvgIpc) is 2.63. The van der Waals surface area contributed by atoms with E-state index in [1.54, 1.807) is 12.1 Å². The number of carboxylic acid groups (broad SMARTS) is 1. The smallest absolute Gasteiger partial charge is 0.311 e. The summed E-state index contributed by atoms with van der Waals surface area (Å²) in [6.07, 6.45) is 1.39. The molecule has 19 heavy (non-hydrogen) atoms. The van der Waals surface area contributed by atoms with Gasteiger partial charge in [-0.2, -0.15) is 0 Å². The molecule has 0 saturated carbocycles. The number of hydrogen-bond donors (Lipinski definition) is 2. The van der Waals surface area contributed by atoms with Gasteiger partial charge in [-0.1, -0.05) is 6.07 Å². The number of ether oxygens (including phenoxy) is 2. The van der Waals surface area contributed by atoms with Crippen LogP contribution < -0.4 is 14.8 Å². The zero-order valence-electron chi connectivity index (χ0n) is 11.0. The summed E-state index contributed by atoms with van der Waals surface area (Å²) in [4.78, 5) is 11.3. The summed E-state index contributed by atoms with van der Waals surface area (Å²) in [6.45, 7) is 1.89. The minimum atomic E-state index is -0.815. The Kier molecular flexibility index (Phi) is 4.63. The maximum atomic E-state index is 11.3. The molecule has 1 aliphatic rings. The first-order valence-corrected chi connectivity index (χ1v) is 6.49. The summed E-state index contributed by atoms with van der Waals surface area (Å²) in [5.41, 5.74) is 0.756. The highest BCUT2D eigenvalue weighted by Crippen LogP contribution is 2.33. The van der Waals surface area contributed by atoms with Crippen LogP contribution in [0.4, 0.5) is 0 Å². The van der Waals surface area contributed by atoms with Gasteiger partial charge in [-0.25, -0.2) is 0 Å². The highest BCUT2D eigenvalue weighted by molar-refractivity contribution is 5.76. The van der Waals surface area contributed by atoms with Crippen LogP contribution in [0, 0.1) is 0 Å². The molecule has 0 aliphatic carbocycles. The molecule has 1 heterocycles. The molecular weight excluding hydrogens is 246 g/mol. The molecule has 5 heteroatoms. The van der Waals surface area contributed by atoms with Gasteiger partial charge in [0.1, 0.15) is 0 Å². The topological polar surface area (TPSA) is 67.8 Å². The summed E-state index contributed by atoms with van der Waals surface area (Å²) >= 11 is 0. The van der Waals surface area contributed by atoms with Crippen LogP contribution in [-0.4, -0.2) is 37.9 Å². The number of carboxylic acids is 1. The number of hydrogen-bond acceptors (Lipinski definition) is 4. The molecule has 0 fully saturated rings. The molecule has 1 atom stereocenters. The van der Waals surface area contributed by atoms with Gasteiger partial charge in [0.2, 0.25) is 0 Å². The lowest BCUT2D eigenvalue weighted by molar-refractivity contribution is -0.138. The number of benzene rings is 1. The lowest BCUT2D eigenvalue weighted by atomic mass is 9.95. The molecule has 1 aromatic carbocycles. The Bertz CT molecular complexity index is 447. The Hall–Kier alpha value is -1.75. The number of rotatable bonds is 5. The van der Waals surface area contributed by atoms with Gasteiger partial charge in [0.15, 0.2) is 11.5 Å². The van der Waals surface area contributed by atoms with Crippen LogP contribution in [0.15, 0.2) is 18.2 Å². The van der Waals surface area contributed by atoms with Crippen LogP contribution in [0.2, 0.25) is 0 Å². The van der Waals surface area contributed by atoms with Gasteiger partial charge in [-0.05, 0) is 37.7 Å². The lowest BCUT2D eigenvalue weighted by Crippen LogP contribution is -2.18. The van der Waals surface area contributed by atoms with Crippen LogP contribution in [0.1, 0.15) is 24.3 Å². The van der Waals surface area contributed by atoms with Gasteiger partial charge in [0, 0.05) is 6.42 Å². The van der Waals surface area contributed by atoms with Crippen molar-refractivity contribution in [3.63, 3.8) is 0 Å². The summed E-state index contributed by atoms with van der Waals surface area (Å²) in [6, 6.07) is 5.39. The summed E-state index contributed by atoms with van der Waals surface area (Å²) < 4.78 is 11.1. The number of fused-ring (bicyclic) bond motifs is 1. The predicted molar refractivity (Wildman–Crippen MR) is 71.0 cm³/mol. The summed E-state index contributed by atoms with van der Waals surface area (Å²) in [5.74, 6) is -0.000874. The van der Waals surface area contributed by atoms with E-state index in [1.807, 2.05) is 13.1 Å². The highest BCUT2D eigenvalue weighted by atomic mass is 16.5. The highest BCUT2D eigenvalue weighted by Gasteiger charge is 2.21. The fourth-order valence-corrected chi connectivity index (χ4v) is 2.12. The molecule has 0 saturated heterocycles. The van der Waals surface area contributed by atoms with E-state index in [0.717, 1.165) is 12.0 Å². The first-order chi connectivity index (χ1) is 9.22. The van der Waals surface area contributed by atoms with Crippen molar-refractivity contribution in [2.75, 3.05) is 26.8 Å². The van der Waals surface area contributed by atoms with Crippen LogP contribution in [0.3, 0.4) is 0 Å². The van der Waals surface area contributed by atoms with E-state index in [9.17, 15) is 9.90 Å². The van der Waals surface area contributed by atoms with Gasteiger partial charge in [-0.3, -0.25) is 4.79 Å². The number of nitrogens with one attached hydrogen (secondary N) is 1. The van der Waals surface area contributed by atoms with E-state index in [-0.39, 0.29) is 0 Å². The third kappa shape index (κ3) is 3.38. The Morgan fingerprint density at radius 3 is 2.79 bits per heavy atom. The van der Waals surface area contributed by atoms with Crippen LogP contribution in [-0.2, 0) is 4.79 Å². The maximum Gasteiger partial charge on any atom is 0.311 e. The molecule has 2 rings (SSSR count). The van der Waals surface area contributed by atoms with Gasteiger partial charge in [0.05, 0.1) is 19.1 Å². The molecule has 0 bridgehead atoms. The second-order valence-electron chi connectivity index (χ2n) is 4.54. The lowest BCUT2D eigenvalue weighted by Gasteiger charge is -2.15. The standard InChI is InChI=1S/C14H19NO4/c1-15-6-5-11(14(16)17)10-3-4-12-13(9-10)19-8-2-7-18-12/h3-4,9,11,15H,2,5-8H2,1H3,(H,16,17). The largest absolute Gasteiger partial charge is 0.490 e. The van der Waals surface area contributed by atoms with E-state index in [2.05, 4.69) is 5.32 Å². The second kappa shape index (κ2) is 6.43. The van der Waals surface area contributed by atoms with E-state index in [4.69, 9.17) is 9.47 Å². The van der Waals surface area contributed by atoms with Gasteiger partial charge in [0.25, 0.3) is 0 Å². The first kappa shape index (κ1) is 13.7. The maximum absolute atomic E-state index is 11.3. The molecule has 0 amide bonds. The minimum absolute atomic E-state index is 0.524. The molecule has 0 aromatic heterocycles. The van der Waals surface area contributed by atoms with Gasteiger partial charge < -0.3 is 19.9 Å². The van der Waals surface area contributed by atoms with E-state index < -0.39 is 11.9 Å². The quantitative estimate of drug-likeness (QED) is 0.847. The van der Waals surface area contributed by atoms with Crippen LogP contribution >= 0.6 is 0 Å². The van der Waals surface area contributed by atoms with E-state index >= 15 is 0 Å². The molecule has 104 valence electrons. The van der Waals surface area contributed by atoms with Gasteiger partial charge >= 0.3 is 5.97 Å². The number of carbonyl (C=O) groups is 1. The molecule has 5 nitrogen and oxygen atoms in total. The zero-order valence-corrected chi connectivity index (χ0v) is 11.0. The zero-order chi connectivity index (χ0) is 13.7. The normalized spacial score (nSPS) is 15.6. The Morgan fingerprint density at radius 2 is 2.11 bits per heavy atom. The van der Waals surface area contributed by atoms with Crippen LogP contribution in [0.5, 0.6) is 11.5 Å². The van der Waals surface area contributed by atoms with Crippen LogP contribution in [0.25, 0.3) is 0 Å². The number of aliphatic carboxylic acids is 1. The summed E-state index contributed by atoms with van der Waals surface area (Å²) in [5, 5.41) is 12.3.